The van der Waals surface area contributed by atoms with E-state index in [2.05, 4.69) is 0 Å². The van der Waals surface area contributed by atoms with Crippen LogP contribution in [0.15, 0.2) is 0 Å². The molecule has 0 aromatic rings. The molecular formula is C6H8F4O. The maximum atomic E-state index is 12.2. The van der Waals surface area contributed by atoms with E-state index in [0.29, 0.717) is 0 Å². The van der Waals surface area contributed by atoms with Crippen molar-refractivity contribution < 1.29 is 22.7 Å². The fourth-order valence-corrected chi connectivity index (χ4v) is 0.798. The Morgan fingerprint density at radius 1 is 1.36 bits per heavy atom. The SMILES string of the molecule is OC1(CC(F)C(F)(F)F)CC1. The summed E-state index contributed by atoms with van der Waals surface area (Å²) in [4.78, 5) is 0. The summed E-state index contributed by atoms with van der Waals surface area (Å²) in [5.74, 6) is 0. The number of halogens is 4. The summed E-state index contributed by atoms with van der Waals surface area (Å²) in [5, 5.41) is 8.92. The molecule has 1 aliphatic rings. The number of hydrogen-bond donors (Lipinski definition) is 1. The minimum Gasteiger partial charge on any atom is -0.390 e. The Morgan fingerprint density at radius 2 is 1.82 bits per heavy atom. The van der Waals surface area contributed by atoms with Gasteiger partial charge in [0.2, 0.25) is 0 Å². The summed E-state index contributed by atoms with van der Waals surface area (Å²) in [6.07, 6.45) is -7.95. The fraction of sp³-hybridized carbons (Fsp3) is 1.00. The molecule has 66 valence electrons. The van der Waals surface area contributed by atoms with Crippen LogP contribution in [-0.2, 0) is 0 Å². The van der Waals surface area contributed by atoms with Gasteiger partial charge in [-0.1, -0.05) is 0 Å². The van der Waals surface area contributed by atoms with Gasteiger partial charge in [0.1, 0.15) is 0 Å². The molecule has 0 heterocycles. The van der Waals surface area contributed by atoms with Gasteiger partial charge in [0, 0.05) is 6.42 Å². The molecule has 1 unspecified atom stereocenters. The van der Waals surface area contributed by atoms with Crippen LogP contribution in [0, 0.1) is 0 Å². The second-order valence-electron chi connectivity index (χ2n) is 2.94. The normalized spacial score (nSPS) is 24.8. The third-order valence-electron chi connectivity index (χ3n) is 1.74. The standard InChI is InChI=1S/C6H8F4O/c7-4(6(8,9)10)3-5(11)1-2-5/h4,11H,1-3H2. The van der Waals surface area contributed by atoms with E-state index in [4.69, 9.17) is 5.11 Å². The molecule has 0 aromatic carbocycles. The van der Waals surface area contributed by atoms with Crippen LogP contribution in [0.3, 0.4) is 0 Å². The highest BCUT2D eigenvalue weighted by molar-refractivity contribution is 4.96. The van der Waals surface area contributed by atoms with Gasteiger partial charge >= 0.3 is 6.18 Å². The zero-order chi connectivity index (χ0) is 8.70. The second kappa shape index (κ2) is 2.33. The number of alkyl halides is 4. The third kappa shape index (κ3) is 2.32. The molecule has 1 fully saturated rings. The van der Waals surface area contributed by atoms with Crippen molar-refractivity contribution in [2.75, 3.05) is 0 Å². The summed E-state index contributed by atoms with van der Waals surface area (Å²) < 4.78 is 46.7. The first-order valence-electron chi connectivity index (χ1n) is 3.27. The van der Waals surface area contributed by atoms with Crippen LogP contribution in [0.4, 0.5) is 17.6 Å². The lowest BCUT2D eigenvalue weighted by molar-refractivity contribution is -0.188. The van der Waals surface area contributed by atoms with Crippen LogP contribution < -0.4 is 0 Å². The molecule has 1 N–H and O–H groups in total. The molecule has 1 atom stereocenters. The average Bonchev–Trinajstić information content (AvgIpc) is 2.45. The molecule has 0 saturated heterocycles. The average molecular weight is 172 g/mol. The summed E-state index contributed by atoms with van der Waals surface area (Å²) in [6.45, 7) is 0. The molecule has 5 heteroatoms. The number of hydrogen-bond acceptors (Lipinski definition) is 1. The first kappa shape index (κ1) is 8.77. The Kier molecular flexibility index (Phi) is 1.86. The van der Waals surface area contributed by atoms with Gasteiger partial charge in [-0.25, -0.2) is 4.39 Å². The van der Waals surface area contributed by atoms with Crippen LogP contribution in [0.1, 0.15) is 19.3 Å². The van der Waals surface area contributed by atoms with Crippen molar-refractivity contribution in [2.24, 2.45) is 0 Å². The Morgan fingerprint density at radius 3 is 2.09 bits per heavy atom. The lowest BCUT2D eigenvalue weighted by Gasteiger charge is -2.14. The van der Waals surface area contributed by atoms with Gasteiger partial charge in [-0.2, -0.15) is 13.2 Å². The highest BCUT2D eigenvalue weighted by atomic mass is 19.4. The molecule has 1 rings (SSSR count). The Labute approximate surface area is 61.0 Å². The fourth-order valence-electron chi connectivity index (χ4n) is 0.798. The van der Waals surface area contributed by atoms with Crippen LogP contribution in [0.2, 0.25) is 0 Å². The summed E-state index contributed by atoms with van der Waals surface area (Å²) in [6, 6.07) is 0. The quantitative estimate of drug-likeness (QED) is 0.629. The number of aliphatic hydroxyl groups is 1. The molecular weight excluding hydrogens is 164 g/mol. The van der Waals surface area contributed by atoms with Crippen molar-refractivity contribution in [3.63, 3.8) is 0 Å². The predicted molar refractivity (Wildman–Crippen MR) is 29.8 cm³/mol. The largest absolute Gasteiger partial charge is 0.419 e. The van der Waals surface area contributed by atoms with Crippen LogP contribution in [0.25, 0.3) is 0 Å². The lowest BCUT2D eigenvalue weighted by Crippen LogP contribution is -2.29. The van der Waals surface area contributed by atoms with E-state index in [-0.39, 0.29) is 12.8 Å². The molecule has 0 amide bonds. The van der Waals surface area contributed by atoms with Gasteiger partial charge in [-0.05, 0) is 12.8 Å². The maximum Gasteiger partial charge on any atom is 0.419 e. The topological polar surface area (TPSA) is 20.2 Å². The van der Waals surface area contributed by atoms with Crippen molar-refractivity contribution in [3.8, 4) is 0 Å². The van der Waals surface area contributed by atoms with Crippen LogP contribution >= 0.6 is 0 Å². The summed E-state index contributed by atoms with van der Waals surface area (Å²) in [7, 11) is 0. The summed E-state index contributed by atoms with van der Waals surface area (Å²) >= 11 is 0. The number of rotatable bonds is 2. The van der Waals surface area contributed by atoms with Crippen molar-refractivity contribution >= 4 is 0 Å². The van der Waals surface area contributed by atoms with E-state index in [1.165, 1.54) is 0 Å². The van der Waals surface area contributed by atoms with Crippen LogP contribution in [0.5, 0.6) is 0 Å². The van der Waals surface area contributed by atoms with Crippen molar-refractivity contribution in [1.82, 2.24) is 0 Å². The van der Waals surface area contributed by atoms with E-state index in [1.54, 1.807) is 0 Å². The molecule has 0 spiro atoms. The molecule has 1 aliphatic carbocycles. The van der Waals surface area contributed by atoms with Crippen LogP contribution in [-0.4, -0.2) is 23.1 Å². The Hall–Kier alpha value is -0.320. The van der Waals surface area contributed by atoms with E-state index in [9.17, 15) is 17.6 Å². The van der Waals surface area contributed by atoms with E-state index in [0.717, 1.165) is 0 Å². The minimum atomic E-state index is -4.82. The van der Waals surface area contributed by atoms with E-state index < -0.39 is 24.4 Å². The third-order valence-corrected chi connectivity index (χ3v) is 1.74. The van der Waals surface area contributed by atoms with E-state index in [1.807, 2.05) is 0 Å². The molecule has 0 bridgehead atoms. The van der Waals surface area contributed by atoms with Gasteiger partial charge in [0.05, 0.1) is 5.60 Å². The Bertz CT molecular complexity index is 149. The zero-order valence-electron chi connectivity index (χ0n) is 5.66. The molecule has 1 nitrogen and oxygen atoms in total. The predicted octanol–water partition coefficient (Wildman–Crippen LogP) is 1.80. The second-order valence-corrected chi connectivity index (χ2v) is 2.94. The first-order chi connectivity index (χ1) is 4.83. The smallest absolute Gasteiger partial charge is 0.390 e. The van der Waals surface area contributed by atoms with Crippen molar-refractivity contribution in [1.29, 1.82) is 0 Å². The van der Waals surface area contributed by atoms with Gasteiger partial charge in [-0.15, -0.1) is 0 Å². The maximum absolute atomic E-state index is 12.2. The first-order valence-corrected chi connectivity index (χ1v) is 3.27. The lowest BCUT2D eigenvalue weighted by atomic mass is 10.1. The zero-order valence-corrected chi connectivity index (χ0v) is 5.66. The minimum absolute atomic E-state index is 0.281. The molecule has 1 saturated carbocycles. The highest BCUT2D eigenvalue weighted by Crippen LogP contribution is 2.42. The van der Waals surface area contributed by atoms with Gasteiger partial charge in [-0.3, -0.25) is 0 Å². The molecule has 0 aliphatic heterocycles. The Balaban J connectivity index is 2.37. The van der Waals surface area contributed by atoms with Crippen molar-refractivity contribution in [3.05, 3.63) is 0 Å². The molecule has 0 aromatic heterocycles. The van der Waals surface area contributed by atoms with Gasteiger partial charge in [0.25, 0.3) is 0 Å². The van der Waals surface area contributed by atoms with Gasteiger partial charge in [0.15, 0.2) is 6.17 Å². The van der Waals surface area contributed by atoms with Crippen molar-refractivity contribution in [2.45, 2.75) is 37.2 Å². The van der Waals surface area contributed by atoms with E-state index >= 15 is 0 Å². The highest BCUT2D eigenvalue weighted by Gasteiger charge is 2.50. The van der Waals surface area contributed by atoms with Gasteiger partial charge < -0.3 is 5.11 Å². The molecule has 11 heavy (non-hydrogen) atoms. The summed E-state index contributed by atoms with van der Waals surface area (Å²) in [5.41, 5.74) is -1.37. The monoisotopic (exact) mass is 172 g/mol. The molecule has 0 radical (unpaired) electrons.